The van der Waals surface area contributed by atoms with Crippen molar-refractivity contribution in [1.82, 2.24) is 4.90 Å². The first-order valence-corrected chi connectivity index (χ1v) is 12.7. The van der Waals surface area contributed by atoms with E-state index in [1.807, 2.05) is 30.0 Å². The van der Waals surface area contributed by atoms with Gasteiger partial charge in [0.05, 0.1) is 35.1 Å². The molecule has 0 bridgehead atoms. The van der Waals surface area contributed by atoms with Crippen LogP contribution in [0.4, 0.5) is 18.0 Å². The van der Waals surface area contributed by atoms with E-state index in [1.54, 1.807) is 26.0 Å². The van der Waals surface area contributed by atoms with E-state index in [0.717, 1.165) is 17.0 Å². The number of alkyl halides is 3. The van der Waals surface area contributed by atoms with Crippen molar-refractivity contribution >= 4 is 23.9 Å². The fourth-order valence-corrected chi connectivity index (χ4v) is 5.56. The van der Waals surface area contributed by atoms with Crippen molar-refractivity contribution in [2.75, 3.05) is 19.8 Å². The fourth-order valence-electron chi connectivity index (χ4n) is 4.53. The number of carbonyl (C=O) groups is 2. The molecule has 0 aliphatic carbocycles. The van der Waals surface area contributed by atoms with Gasteiger partial charge in [0.25, 0.3) is 0 Å². The van der Waals surface area contributed by atoms with Crippen LogP contribution in [0.25, 0.3) is 0 Å². The Hall–Kier alpha value is -3.40. The molecule has 0 aromatic heterocycles. The standard InChI is InChI=1S/C27H26F3NO5S/c1-4-31-16(3)24(36-26(33)34-5-2)22(23-20(31)14-35-25(23)32)19-11-6-7-12-21(19)37-15-17-9-8-10-18(13-17)27(28,29)30/h6-13,22H,4-5,14-15H2,1-3H3. The average Bonchev–Trinajstić information content (AvgIpc) is 3.24. The number of thioether (sulfide) groups is 1. The quantitative estimate of drug-likeness (QED) is 0.292. The van der Waals surface area contributed by atoms with Crippen LogP contribution >= 0.6 is 11.8 Å². The Kier molecular flexibility index (Phi) is 7.87. The van der Waals surface area contributed by atoms with Crippen LogP contribution in [0.5, 0.6) is 0 Å². The summed E-state index contributed by atoms with van der Waals surface area (Å²) in [5, 5.41) is 0. The van der Waals surface area contributed by atoms with E-state index in [0.29, 0.717) is 34.6 Å². The molecule has 0 spiro atoms. The number of carbonyl (C=O) groups excluding carboxylic acids is 2. The van der Waals surface area contributed by atoms with Crippen LogP contribution in [0.3, 0.4) is 0 Å². The Labute approximate surface area is 217 Å². The lowest BCUT2D eigenvalue weighted by Gasteiger charge is -2.35. The van der Waals surface area contributed by atoms with Crippen LogP contribution in [0.1, 0.15) is 43.4 Å². The van der Waals surface area contributed by atoms with Crippen LogP contribution in [0.2, 0.25) is 0 Å². The molecule has 0 radical (unpaired) electrons. The van der Waals surface area contributed by atoms with Gasteiger partial charge in [-0.1, -0.05) is 36.4 Å². The number of ether oxygens (including phenoxy) is 3. The molecular weight excluding hydrogens is 507 g/mol. The maximum absolute atomic E-state index is 13.2. The Morgan fingerprint density at radius 3 is 2.62 bits per heavy atom. The third-order valence-corrected chi connectivity index (χ3v) is 7.32. The predicted octanol–water partition coefficient (Wildman–Crippen LogP) is 6.63. The van der Waals surface area contributed by atoms with Crippen LogP contribution in [-0.2, 0) is 30.9 Å². The second kappa shape index (κ2) is 10.9. The first-order chi connectivity index (χ1) is 17.7. The van der Waals surface area contributed by atoms with Gasteiger partial charge in [-0.15, -0.1) is 11.8 Å². The smallest absolute Gasteiger partial charge is 0.456 e. The van der Waals surface area contributed by atoms with Gasteiger partial charge in [-0.3, -0.25) is 0 Å². The third-order valence-electron chi connectivity index (χ3n) is 6.16. The molecule has 4 rings (SSSR count). The average molecular weight is 534 g/mol. The summed E-state index contributed by atoms with van der Waals surface area (Å²) in [5.41, 5.74) is 2.20. The van der Waals surface area contributed by atoms with E-state index in [2.05, 4.69) is 0 Å². The summed E-state index contributed by atoms with van der Waals surface area (Å²) in [6, 6.07) is 12.4. The lowest BCUT2D eigenvalue weighted by atomic mass is 9.85. The summed E-state index contributed by atoms with van der Waals surface area (Å²) in [4.78, 5) is 27.9. The maximum atomic E-state index is 13.2. The molecular formula is C27H26F3NO5S. The van der Waals surface area contributed by atoms with Gasteiger partial charge in [0.1, 0.15) is 12.4 Å². The number of hydrogen-bond donors (Lipinski definition) is 0. The highest BCUT2D eigenvalue weighted by atomic mass is 32.2. The minimum atomic E-state index is -4.43. The molecule has 196 valence electrons. The molecule has 2 aromatic rings. The van der Waals surface area contributed by atoms with Crippen LogP contribution in [0.15, 0.2) is 76.2 Å². The van der Waals surface area contributed by atoms with Crippen molar-refractivity contribution in [3.05, 3.63) is 87.9 Å². The molecule has 10 heteroatoms. The summed E-state index contributed by atoms with van der Waals surface area (Å²) in [7, 11) is 0. The summed E-state index contributed by atoms with van der Waals surface area (Å²) in [6.07, 6.45) is -5.32. The third kappa shape index (κ3) is 5.49. The zero-order valence-electron chi connectivity index (χ0n) is 20.6. The first kappa shape index (κ1) is 26.7. The minimum Gasteiger partial charge on any atom is -0.456 e. The minimum absolute atomic E-state index is 0.0993. The lowest BCUT2D eigenvalue weighted by Crippen LogP contribution is -2.32. The topological polar surface area (TPSA) is 65.1 Å². The highest BCUT2D eigenvalue weighted by Crippen LogP contribution is 2.47. The van der Waals surface area contributed by atoms with Crippen molar-refractivity contribution in [3.8, 4) is 0 Å². The second-order valence-electron chi connectivity index (χ2n) is 8.37. The van der Waals surface area contributed by atoms with Gasteiger partial charge in [0.15, 0.2) is 0 Å². The molecule has 2 heterocycles. The van der Waals surface area contributed by atoms with Crippen molar-refractivity contribution in [2.24, 2.45) is 0 Å². The summed E-state index contributed by atoms with van der Waals surface area (Å²) in [6.45, 7) is 6.12. The van der Waals surface area contributed by atoms with E-state index in [1.165, 1.54) is 17.8 Å². The first-order valence-electron chi connectivity index (χ1n) is 11.8. The number of allylic oxidation sites excluding steroid dienone is 2. The number of likely N-dealkylation sites (N-methyl/N-ethyl adjacent to an activating group) is 1. The van der Waals surface area contributed by atoms with Gasteiger partial charge >= 0.3 is 18.3 Å². The summed E-state index contributed by atoms with van der Waals surface area (Å²) in [5.74, 6) is -0.733. The number of hydrogen-bond acceptors (Lipinski definition) is 7. The van der Waals surface area contributed by atoms with Crippen LogP contribution in [0, 0.1) is 0 Å². The molecule has 2 aliphatic rings. The van der Waals surface area contributed by atoms with Gasteiger partial charge in [-0.2, -0.15) is 13.2 Å². The summed E-state index contributed by atoms with van der Waals surface area (Å²) >= 11 is 1.34. The summed E-state index contributed by atoms with van der Waals surface area (Å²) < 4.78 is 55.6. The van der Waals surface area contributed by atoms with E-state index in [9.17, 15) is 22.8 Å². The van der Waals surface area contributed by atoms with Crippen molar-refractivity contribution in [3.63, 3.8) is 0 Å². The zero-order valence-corrected chi connectivity index (χ0v) is 21.4. The van der Waals surface area contributed by atoms with Gasteiger partial charge in [-0.05, 0) is 44.0 Å². The lowest BCUT2D eigenvalue weighted by molar-refractivity contribution is -0.138. The molecule has 2 aliphatic heterocycles. The van der Waals surface area contributed by atoms with Gasteiger partial charge < -0.3 is 19.1 Å². The predicted molar refractivity (Wildman–Crippen MR) is 131 cm³/mol. The number of halogens is 3. The number of cyclic esters (lactones) is 1. The van der Waals surface area contributed by atoms with E-state index >= 15 is 0 Å². The molecule has 2 aromatic carbocycles. The van der Waals surface area contributed by atoms with E-state index < -0.39 is 29.8 Å². The molecule has 0 amide bonds. The van der Waals surface area contributed by atoms with Gasteiger partial charge in [0.2, 0.25) is 0 Å². The molecule has 6 nitrogen and oxygen atoms in total. The SMILES string of the molecule is CCOC(=O)OC1=C(C)N(CC)C2=C(C(=O)OC2)C1c1ccccc1SCc1cccc(C(F)(F)F)c1. The van der Waals surface area contributed by atoms with E-state index in [4.69, 9.17) is 14.2 Å². The number of esters is 1. The Morgan fingerprint density at radius 1 is 1.16 bits per heavy atom. The zero-order chi connectivity index (χ0) is 26.7. The van der Waals surface area contributed by atoms with Gasteiger partial charge in [0, 0.05) is 17.2 Å². The highest BCUT2D eigenvalue weighted by molar-refractivity contribution is 7.98. The molecule has 0 saturated carbocycles. The fraction of sp³-hybridized carbons (Fsp3) is 0.333. The molecule has 0 saturated heterocycles. The number of rotatable bonds is 7. The van der Waals surface area contributed by atoms with Gasteiger partial charge in [-0.25, -0.2) is 9.59 Å². The van der Waals surface area contributed by atoms with Crippen molar-refractivity contribution < 1.29 is 37.0 Å². The van der Waals surface area contributed by atoms with Crippen molar-refractivity contribution in [1.29, 1.82) is 0 Å². The Balaban J connectivity index is 1.74. The van der Waals surface area contributed by atoms with Crippen LogP contribution < -0.4 is 0 Å². The molecule has 1 unspecified atom stereocenters. The Morgan fingerprint density at radius 2 is 1.92 bits per heavy atom. The molecule has 0 N–H and O–H groups in total. The van der Waals surface area contributed by atoms with Crippen LogP contribution in [-0.4, -0.2) is 36.8 Å². The molecule has 37 heavy (non-hydrogen) atoms. The highest BCUT2D eigenvalue weighted by Gasteiger charge is 2.44. The molecule has 0 fully saturated rings. The number of nitrogens with zero attached hydrogens (tertiary/aromatic N) is 1. The Bertz CT molecular complexity index is 1270. The molecule has 1 atom stereocenters. The van der Waals surface area contributed by atoms with Crippen molar-refractivity contribution in [2.45, 2.75) is 43.5 Å². The monoisotopic (exact) mass is 533 g/mol. The van der Waals surface area contributed by atoms with E-state index in [-0.39, 0.29) is 24.7 Å². The number of benzene rings is 2. The maximum Gasteiger partial charge on any atom is 0.513 e. The second-order valence-corrected chi connectivity index (χ2v) is 9.39. The largest absolute Gasteiger partial charge is 0.513 e. The normalized spacial score (nSPS) is 17.6.